The molecule has 1 aliphatic carbocycles. The minimum absolute atomic E-state index is 0.0153. The molecule has 2 aromatic carbocycles. The van der Waals surface area contributed by atoms with Crippen LogP contribution < -0.4 is 26.6 Å². The Labute approximate surface area is 439 Å². The van der Waals surface area contributed by atoms with Crippen molar-refractivity contribution in [2.45, 2.75) is 69.7 Å². The molecular formula is C50H72N10O16. The fourth-order valence-electron chi connectivity index (χ4n) is 9.93. The van der Waals surface area contributed by atoms with Crippen molar-refractivity contribution in [1.82, 2.24) is 51.1 Å². The third-order valence-electron chi connectivity index (χ3n) is 13.9. The van der Waals surface area contributed by atoms with Crippen LogP contribution >= 0.6 is 0 Å². The lowest BCUT2D eigenvalue weighted by Crippen LogP contribution is -2.52. The second-order valence-electron chi connectivity index (χ2n) is 19.5. The van der Waals surface area contributed by atoms with Gasteiger partial charge in [0.25, 0.3) is 12.9 Å². The summed E-state index contributed by atoms with van der Waals surface area (Å²) in [5.41, 5.74) is 0.828. The van der Waals surface area contributed by atoms with E-state index >= 15 is 0 Å². The molecule has 5 rings (SSSR count). The molecule has 6 amide bonds. The average molecular weight is 1070 g/mol. The number of carbonyl (C=O) groups excluding carboxylic acids is 6. The lowest BCUT2D eigenvalue weighted by Gasteiger charge is -2.33. The first kappa shape index (κ1) is 59.7. The molecule has 0 aromatic heterocycles. The van der Waals surface area contributed by atoms with Gasteiger partial charge in [0.15, 0.2) is 6.23 Å². The van der Waals surface area contributed by atoms with E-state index in [-0.39, 0.29) is 88.3 Å². The van der Waals surface area contributed by atoms with E-state index in [1.807, 2.05) is 52.3 Å². The first-order chi connectivity index (χ1) is 36.5. The maximum Gasteiger partial charge on any atom is 0.326 e. The molecule has 2 aromatic rings. The summed E-state index contributed by atoms with van der Waals surface area (Å²) in [7, 11) is 0. The molecule has 9 N–H and O–H groups in total. The van der Waals surface area contributed by atoms with Crippen LogP contribution in [-0.4, -0.2) is 229 Å². The molecule has 0 radical (unpaired) electrons. The van der Waals surface area contributed by atoms with Gasteiger partial charge in [0, 0.05) is 97.8 Å². The zero-order valence-corrected chi connectivity index (χ0v) is 42.6. The maximum atomic E-state index is 13.9. The highest BCUT2D eigenvalue weighted by Gasteiger charge is 2.43. The van der Waals surface area contributed by atoms with Crippen LogP contribution in [0.2, 0.25) is 0 Å². The molecule has 0 bridgehead atoms. The van der Waals surface area contributed by atoms with Crippen LogP contribution in [0, 0.1) is 17.8 Å². The maximum absolute atomic E-state index is 13.9. The molecule has 26 nitrogen and oxygen atoms in total. The molecule has 2 saturated heterocycles. The lowest BCUT2D eigenvalue weighted by atomic mass is 10.0. The van der Waals surface area contributed by atoms with Gasteiger partial charge in [-0.1, -0.05) is 42.5 Å². The first-order valence-corrected chi connectivity index (χ1v) is 25.5. The summed E-state index contributed by atoms with van der Waals surface area (Å²) in [5.74, 6) is -4.79. The summed E-state index contributed by atoms with van der Waals surface area (Å²) in [6.07, 6.45) is 0.578. The largest absolute Gasteiger partial charge is 0.481 e. The number of urea groups is 2. The normalized spacial score (nSPS) is 20.1. The molecule has 76 heavy (non-hydrogen) atoms. The number of amides is 6. The standard InChI is InChI=1S/C50H72N10O16/c61-32-75-31-59-19-17-56(13-14-57(29-45(66)67)15-16-58(18-20-59)30-46(68)69)28-42(63)52-25-35-22-38-26-60(27-39(38)23-35)50(74)54-41(24-34-8-9-36-5-1-2-6-37(36)21-34)47(70)51-12-4-3-7-43(76-33-62)55-49(73)53-40(48(71)72)10-11-44(64)65/h1-2,5-6,8-9,21,32-33,35,38-41,43H,3-4,7,10-20,22-31H2,(H,51,70)(H,52,63)(H,54,74)(H,64,65)(H,66,67)(H,68,69)(H,71,72)(H2,53,55,73)/t35?,38?,39?,40-,41-,43+/m0/s1. The highest BCUT2D eigenvalue weighted by Crippen LogP contribution is 2.41. The van der Waals surface area contributed by atoms with E-state index in [0.717, 1.165) is 29.2 Å². The van der Waals surface area contributed by atoms with Crippen LogP contribution in [0.1, 0.15) is 50.5 Å². The van der Waals surface area contributed by atoms with Gasteiger partial charge < -0.3 is 61.4 Å². The number of unbranched alkanes of at least 4 members (excludes halogenated alkanes) is 1. The van der Waals surface area contributed by atoms with E-state index in [9.17, 15) is 63.3 Å². The van der Waals surface area contributed by atoms with Crippen molar-refractivity contribution in [2.75, 3.05) is 105 Å². The van der Waals surface area contributed by atoms with Gasteiger partial charge in [-0.25, -0.2) is 14.4 Å². The Kier molecular flexibility index (Phi) is 24.4. The molecule has 5 atom stereocenters. The van der Waals surface area contributed by atoms with Crippen LogP contribution in [0.5, 0.6) is 0 Å². The molecular weight excluding hydrogens is 997 g/mol. The van der Waals surface area contributed by atoms with Crippen molar-refractivity contribution in [3.05, 3.63) is 48.0 Å². The summed E-state index contributed by atoms with van der Waals surface area (Å²) in [5, 5.41) is 52.7. The second-order valence-corrected chi connectivity index (χ2v) is 19.5. The Morgan fingerprint density at radius 1 is 0.645 bits per heavy atom. The van der Waals surface area contributed by atoms with Crippen LogP contribution in [0.4, 0.5) is 9.59 Å². The minimum atomic E-state index is -1.49. The van der Waals surface area contributed by atoms with Crippen molar-refractivity contribution in [3.8, 4) is 0 Å². The van der Waals surface area contributed by atoms with Gasteiger partial charge in [-0.3, -0.25) is 53.2 Å². The van der Waals surface area contributed by atoms with E-state index in [4.69, 9.17) is 14.6 Å². The van der Waals surface area contributed by atoms with E-state index in [1.54, 1.807) is 14.7 Å². The van der Waals surface area contributed by atoms with Gasteiger partial charge in [0.1, 0.15) is 18.8 Å². The van der Waals surface area contributed by atoms with E-state index in [1.165, 1.54) is 0 Å². The number of aliphatic carboxylic acids is 4. The summed E-state index contributed by atoms with van der Waals surface area (Å²) in [6, 6.07) is 9.81. The Balaban J connectivity index is 1.11. The van der Waals surface area contributed by atoms with Crippen LogP contribution in [0.15, 0.2) is 42.5 Å². The zero-order chi connectivity index (χ0) is 55.0. The van der Waals surface area contributed by atoms with Gasteiger partial charge in [0.2, 0.25) is 11.8 Å². The number of ether oxygens (including phenoxy) is 2. The molecule has 2 unspecified atom stereocenters. The number of hydrogen-bond acceptors (Lipinski definition) is 16. The number of nitrogens with one attached hydrogen (secondary N) is 5. The number of hydrogen-bond donors (Lipinski definition) is 9. The Morgan fingerprint density at radius 3 is 1.83 bits per heavy atom. The molecule has 1 saturated carbocycles. The third kappa shape index (κ3) is 20.9. The van der Waals surface area contributed by atoms with Crippen molar-refractivity contribution in [3.63, 3.8) is 0 Å². The van der Waals surface area contributed by atoms with E-state index in [0.29, 0.717) is 91.3 Å². The van der Waals surface area contributed by atoms with Gasteiger partial charge in [0.05, 0.1) is 19.6 Å². The van der Waals surface area contributed by atoms with E-state index in [2.05, 4.69) is 26.6 Å². The fourth-order valence-corrected chi connectivity index (χ4v) is 9.93. The van der Waals surface area contributed by atoms with Gasteiger partial charge >= 0.3 is 35.9 Å². The number of carbonyl (C=O) groups is 10. The number of carboxylic acids is 4. The molecule has 2 heterocycles. The highest BCUT2D eigenvalue weighted by atomic mass is 16.5. The molecule has 3 aliphatic rings. The third-order valence-corrected chi connectivity index (χ3v) is 13.9. The SMILES string of the molecule is O=COCN1CCN(CC(=O)O)CCN(CC(=O)O)CCN(CC(=O)NCC2CC3CN(C(=O)N[C@@H](Cc4ccc5ccccc5c4)C(=O)NCCCC[C@H](NC(=O)N[C@@H](CCC(=O)O)C(=O)O)OC=O)CC3C2)CC1. The average Bonchev–Trinajstić information content (AvgIpc) is 3.96. The van der Waals surface area contributed by atoms with E-state index < -0.39 is 60.5 Å². The predicted molar refractivity (Wildman–Crippen MR) is 270 cm³/mol. The Morgan fingerprint density at radius 2 is 1.25 bits per heavy atom. The number of rotatable bonds is 28. The van der Waals surface area contributed by atoms with Gasteiger partial charge in [-0.15, -0.1) is 0 Å². The van der Waals surface area contributed by atoms with Gasteiger partial charge in [-0.05, 0) is 66.2 Å². The topological polar surface area (TPSA) is 346 Å². The molecule has 2 aliphatic heterocycles. The summed E-state index contributed by atoms with van der Waals surface area (Å²) < 4.78 is 9.96. The second kappa shape index (κ2) is 31.0. The summed E-state index contributed by atoms with van der Waals surface area (Å²) in [6.45, 7) is 4.36. The number of benzene rings is 2. The molecule has 418 valence electrons. The number of likely N-dealkylation sites (tertiary alicyclic amines) is 1. The number of nitrogens with zero attached hydrogens (tertiary/aromatic N) is 5. The highest BCUT2D eigenvalue weighted by molar-refractivity contribution is 5.88. The fraction of sp³-hybridized carbons (Fsp3) is 0.600. The number of fused-ring (bicyclic) bond motifs is 2. The molecule has 26 heteroatoms. The van der Waals surface area contributed by atoms with Crippen molar-refractivity contribution < 1.29 is 77.8 Å². The molecule has 0 spiro atoms. The van der Waals surface area contributed by atoms with Crippen molar-refractivity contribution in [2.24, 2.45) is 17.8 Å². The van der Waals surface area contributed by atoms with Gasteiger partial charge in [-0.2, -0.15) is 0 Å². The first-order valence-electron chi connectivity index (χ1n) is 25.5. The molecule has 3 fully saturated rings. The van der Waals surface area contributed by atoms with Crippen LogP contribution in [0.25, 0.3) is 10.8 Å². The van der Waals surface area contributed by atoms with Crippen LogP contribution in [-0.2, 0) is 54.3 Å². The predicted octanol–water partition coefficient (Wildman–Crippen LogP) is -0.541. The minimum Gasteiger partial charge on any atom is -0.481 e. The van der Waals surface area contributed by atoms with Crippen LogP contribution in [0.3, 0.4) is 0 Å². The van der Waals surface area contributed by atoms with Crippen molar-refractivity contribution >= 4 is 71.5 Å². The zero-order valence-electron chi connectivity index (χ0n) is 42.6. The smallest absolute Gasteiger partial charge is 0.326 e. The Bertz CT molecular complexity index is 2300. The quantitative estimate of drug-likeness (QED) is 0.0293. The Hall–Kier alpha value is -7.16. The summed E-state index contributed by atoms with van der Waals surface area (Å²) >= 11 is 0. The van der Waals surface area contributed by atoms with Crippen molar-refractivity contribution in [1.29, 1.82) is 0 Å². The number of carboxylic acid groups (broad SMARTS) is 4. The lowest BCUT2D eigenvalue weighted by molar-refractivity contribution is -0.141. The summed E-state index contributed by atoms with van der Waals surface area (Å²) in [4.78, 5) is 130. The monoisotopic (exact) mass is 1070 g/mol.